The van der Waals surface area contributed by atoms with Gasteiger partial charge < -0.3 is 24.0 Å². The highest BCUT2D eigenvalue weighted by Gasteiger charge is 2.40. The van der Waals surface area contributed by atoms with Gasteiger partial charge in [0.25, 0.3) is 0 Å². The second kappa shape index (κ2) is 13.2. The van der Waals surface area contributed by atoms with E-state index < -0.39 is 63.0 Å². The molecule has 0 bridgehead atoms. The van der Waals surface area contributed by atoms with Crippen molar-refractivity contribution in [2.75, 3.05) is 57.2 Å². The van der Waals surface area contributed by atoms with Crippen LogP contribution in [0.15, 0.2) is 27.9 Å². The molecule has 0 saturated carbocycles. The minimum absolute atomic E-state index is 0.00431. The van der Waals surface area contributed by atoms with E-state index in [0.29, 0.717) is 6.07 Å². The van der Waals surface area contributed by atoms with E-state index in [2.05, 4.69) is 4.98 Å². The molecule has 2 aliphatic rings. The number of amides is 1. The monoisotopic (exact) mass is 690 g/mol. The number of rotatable bonds is 6. The van der Waals surface area contributed by atoms with Crippen molar-refractivity contribution in [1.29, 1.82) is 0 Å². The van der Waals surface area contributed by atoms with Gasteiger partial charge in [-0.15, -0.1) is 11.8 Å². The van der Waals surface area contributed by atoms with Crippen LogP contribution in [0, 0.1) is 11.6 Å². The number of ether oxygens (including phenoxy) is 3. The third-order valence-electron chi connectivity index (χ3n) is 7.45. The molecular weight excluding hydrogens is 659 g/mol. The smallest absolute Gasteiger partial charge is 0.417 e. The van der Waals surface area contributed by atoms with Crippen molar-refractivity contribution in [1.82, 2.24) is 14.5 Å². The molecule has 1 atom stereocenters. The average Bonchev–Trinajstić information content (AvgIpc) is 3.16. The fraction of sp³-hybridized carbons (Fsp3) is 0.500. The van der Waals surface area contributed by atoms with Gasteiger partial charge in [0.05, 0.1) is 42.0 Å². The van der Waals surface area contributed by atoms with Crippen LogP contribution in [0.5, 0.6) is 0 Å². The summed E-state index contributed by atoms with van der Waals surface area (Å²) in [5.41, 5.74) is -3.70. The summed E-state index contributed by atoms with van der Waals surface area (Å²) in [6.07, 6.45) is -6.17. The lowest BCUT2D eigenvalue weighted by Gasteiger charge is -2.36. The molecule has 16 heteroatoms. The van der Waals surface area contributed by atoms with Gasteiger partial charge in [-0.05, 0) is 32.9 Å². The number of aromatic nitrogens is 2. The van der Waals surface area contributed by atoms with Crippen molar-refractivity contribution in [3.8, 4) is 11.1 Å². The first-order valence-electron chi connectivity index (χ1n) is 14.4. The van der Waals surface area contributed by atoms with Crippen LogP contribution in [0.25, 0.3) is 22.0 Å². The van der Waals surface area contributed by atoms with Crippen LogP contribution in [-0.2, 0) is 26.9 Å². The number of piperazine rings is 1. The molecule has 1 saturated heterocycles. The first kappa shape index (κ1) is 34.2. The van der Waals surface area contributed by atoms with Gasteiger partial charge >= 0.3 is 18.0 Å². The van der Waals surface area contributed by atoms with E-state index in [0.717, 1.165) is 23.9 Å². The van der Waals surface area contributed by atoms with E-state index >= 15 is 4.39 Å². The van der Waals surface area contributed by atoms with Gasteiger partial charge in [-0.3, -0.25) is 4.57 Å². The maximum Gasteiger partial charge on any atom is 0.417 e. The van der Waals surface area contributed by atoms with Gasteiger partial charge in [0.2, 0.25) is 0 Å². The Balaban J connectivity index is 1.70. The summed E-state index contributed by atoms with van der Waals surface area (Å²) >= 11 is 6.91. The second-order valence-electron chi connectivity index (χ2n) is 11.8. The third kappa shape index (κ3) is 7.06. The minimum atomic E-state index is -5.00. The van der Waals surface area contributed by atoms with E-state index in [1.165, 1.54) is 16.6 Å². The number of anilines is 1. The summed E-state index contributed by atoms with van der Waals surface area (Å²) < 4.78 is 91.7. The summed E-state index contributed by atoms with van der Waals surface area (Å²) in [6.45, 7) is 6.21. The van der Waals surface area contributed by atoms with Crippen LogP contribution in [0.1, 0.15) is 26.3 Å². The number of alkyl halides is 3. The molecule has 0 radical (unpaired) electrons. The molecule has 1 amide bonds. The molecule has 0 aliphatic carbocycles. The van der Waals surface area contributed by atoms with Crippen LogP contribution < -0.4 is 10.6 Å². The number of carbonyl (C=O) groups is 1. The Morgan fingerprint density at radius 3 is 2.39 bits per heavy atom. The maximum atomic E-state index is 15.3. The zero-order valence-electron chi connectivity index (χ0n) is 25.5. The highest BCUT2D eigenvalue weighted by molar-refractivity contribution is 7.99. The van der Waals surface area contributed by atoms with Gasteiger partial charge in [0, 0.05) is 66.5 Å². The molecule has 3 heterocycles. The largest absolute Gasteiger partial charge is 0.444 e. The standard InChI is InChI=1S/C30H32ClF5N4O5S/c1-29(2,3)45-28(42)39-7-5-38(6-8-39)26-18-11-19(30(34,35)36)23(17-12-20(31)22(33)13-21(17)32)25-24(18)40(27(41)37-26)14-16(15-46-25)44-10-9-43-4/h11-13,16H,5-10,14-15H2,1-4H3/t16-/m1/s1. The lowest BCUT2D eigenvalue weighted by molar-refractivity contribution is -0.137. The van der Waals surface area contributed by atoms with Crippen molar-refractivity contribution in [3.63, 3.8) is 0 Å². The molecule has 1 fully saturated rings. The summed E-state index contributed by atoms with van der Waals surface area (Å²) in [6, 6.07) is 2.09. The summed E-state index contributed by atoms with van der Waals surface area (Å²) in [4.78, 5) is 33.6. The van der Waals surface area contributed by atoms with E-state index in [4.69, 9.17) is 25.8 Å². The third-order valence-corrected chi connectivity index (χ3v) is 8.97. The van der Waals surface area contributed by atoms with Gasteiger partial charge in [-0.2, -0.15) is 18.2 Å². The Morgan fingerprint density at radius 2 is 1.76 bits per heavy atom. The normalized spacial score (nSPS) is 17.4. The van der Waals surface area contributed by atoms with Crippen LogP contribution >= 0.6 is 23.4 Å². The predicted molar refractivity (Wildman–Crippen MR) is 164 cm³/mol. The molecular formula is C30H32ClF5N4O5S. The number of nitrogens with zero attached hydrogens (tertiary/aromatic N) is 4. The Morgan fingerprint density at radius 1 is 1.07 bits per heavy atom. The van der Waals surface area contributed by atoms with Crippen LogP contribution in [0.4, 0.5) is 32.6 Å². The first-order valence-corrected chi connectivity index (χ1v) is 15.7. The van der Waals surface area contributed by atoms with E-state index in [9.17, 15) is 27.2 Å². The van der Waals surface area contributed by atoms with Crippen molar-refractivity contribution in [3.05, 3.63) is 50.9 Å². The molecule has 1 aromatic heterocycles. The molecule has 2 aromatic carbocycles. The Hall–Kier alpha value is -3.14. The van der Waals surface area contributed by atoms with Crippen LogP contribution in [0.3, 0.4) is 0 Å². The molecule has 5 rings (SSSR count). The lowest BCUT2D eigenvalue weighted by Crippen LogP contribution is -2.50. The number of thioether (sulfide) groups is 1. The topological polar surface area (TPSA) is 86.1 Å². The first-order chi connectivity index (χ1) is 21.6. The van der Waals surface area contributed by atoms with E-state index in [1.807, 2.05) is 0 Å². The molecule has 46 heavy (non-hydrogen) atoms. The molecule has 9 nitrogen and oxygen atoms in total. The van der Waals surface area contributed by atoms with Gasteiger partial charge in [-0.25, -0.2) is 18.4 Å². The zero-order valence-corrected chi connectivity index (χ0v) is 27.0. The number of methoxy groups -OCH3 is 1. The van der Waals surface area contributed by atoms with Crippen LogP contribution in [0.2, 0.25) is 5.02 Å². The lowest BCUT2D eigenvalue weighted by atomic mass is 9.95. The molecule has 2 aliphatic heterocycles. The number of carbonyl (C=O) groups excluding carboxylic acids is 1. The Kier molecular flexibility index (Phi) is 9.79. The Bertz CT molecular complexity index is 1710. The Labute approximate surface area is 270 Å². The van der Waals surface area contributed by atoms with Gasteiger partial charge in [0.1, 0.15) is 23.1 Å². The van der Waals surface area contributed by atoms with Crippen molar-refractivity contribution >= 4 is 46.2 Å². The van der Waals surface area contributed by atoms with Crippen LogP contribution in [-0.4, -0.2) is 84.5 Å². The number of hydrogen-bond donors (Lipinski definition) is 0. The van der Waals surface area contributed by atoms with Gasteiger partial charge in [-0.1, -0.05) is 11.6 Å². The molecule has 0 spiro atoms. The SMILES string of the molecule is COCCO[C@H]1CSc2c(-c3cc(Cl)c(F)cc3F)c(C(F)(F)F)cc3c(N4CCN(C(=O)OC(C)(C)C)CC4)nc(=O)n(c23)C1. The summed E-state index contributed by atoms with van der Waals surface area (Å²) in [5.74, 6) is -2.27. The fourth-order valence-corrected chi connectivity index (χ4v) is 6.85. The summed E-state index contributed by atoms with van der Waals surface area (Å²) in [5, 5.41) is -0.554. The maximum absolute atomic E-state index is 15.3. The quantitative estimate of drug-likeness (QED) is 0.172. The van der Waals surface area contributed by atoms with Crippen molar-refractivity contribution in [2.24, 2.45) is 0 Å². The summed E-state index contributed by atoms with van der Waals surface area (Å²) in [7, 11) is 1.48. The van der Waals surface area contributed by atoms with Crippen molar-refractivity contribution in [2.45, 2.75) is 50.1 Å². The van der Waals surface area contributed by atoms with Gasteiger partial charge in [0.15, 0.2) is 0 Å². The highest BCUT2D eigenvalue weighted by atomic mass is 35.5. The second-order valence-corrected chi connectivity index (χ2v) is 13.3. The van der Waals surface area contributed by atoms with E-state index in [-0.39, 0.29) is 73.3 Å². The minimum Gasteiger partial charge on any atom is -0.444 e. The van der Waals surface area contributed by atoms with Crippen molar-refractivity contribution < 1.29 is 41.0 Å². The fourth-order valence-electron chi connectivity index (χ4n) is 5.41. The highest BCUT2D eigenvalue weighted by Crippen LogP contribution is 2.49. The average molecular weight is 691 g/mol. The number of benzene rings is 2. The molecule has 0 N–H and O–H groups in total. The molecule has 0 unspecified atom stereocenters. The molecule has 250 valence electrons. The van der Waals surface area contributed by atoms with E-state index in [1.54, 1.807) is 25.7 Å². The number of halogens is 6. The zero-order chi connectivity index (χ0) is 33.6. The number of hydrogen-bond acceptors (Lipinski definition) is 8. The molecule has 3 aromatic rings. The predicted octanol–water partition coefficient (Wildman–Crippen LogP) is 6.21.